The highest BCUT2D eigenvalue weighted by molar-refractivity contribution is 4.99. The molecule has 1 atom stereocenters. The van der Waals surface area contributed by atoms with E-state index in [4.69, 9.17) is 0 Å². The van der Waals surface area contributed by atoms with Crippen molar-refractivity contribution in [1.29, 1.82) is 0 Å². The van der Waals surface area contributed by atoms with Crippen molar-refractivity contribution in [3.8, 4) is 0 Å². The first-order valence-corrected chi connectivity index (χ1v) is 6.73. The van der Waals surface area contributed by atoms with Crippen LogP contribution in [0.3, 0.4) is 0 Å². The summed E-state index contributed by atoms with van der Waals surface area (Å²) in [6, 6.07) is 0.363. The Morgan fingerprint density at radius 1 is 1.35 bits per heavy atom. The van der Waals surface area contributed by atoms with Crippen LogP contribution in [-0.4, -0.2) is 21.5 Å². The van der Waals surface area contributed by atoms with Crippen LogP contribution in [0.4, 0.5) is 0 Å². The Labute approximate surface area is 105 Å². The Morgan fingerprint density at radius 3 is 2.65 bits per heavy atom. The zero-order valence-corrected chi connectivity index (χ0v) is 11.6. The molecule has 0 amide bonds. The van der Waals surface area contributed by atoms with Gasteiger partial charge in [0.25, 0.3) is 0 Å². The third-order valence-corrected chi connectivity index (χ3v) is 2.89. The van der Waals surface area contributed by atoms with Crippen molar-refractivity contribution in [1.82, 2.24) is 20.3 Å². The van der Waals surface area contributed by atoms with E-state index in [2.05, 4.69) is 36.3 Å². The topological polar surface area (TPSA) is 42.7 Å². The molecule has 1 unspecified atom stereocenters. The molecular weight excluding hydrogens is 212 g/mol. The first-order valence-electron chi connectivity index (χ1n) is 6.73. The summed E-state index contributed by atoms with van der Waals surface area (Å²) in [5.74, 6) is 0.781. The quantitative estimate of drug-likeness (QED) is 0.757. The fourth-order valence-corrected chi connectivity index (χ4v) is 1.92. The maximum atomic E-state index is 4.40. The van der Waals surface area contributed by atoms with E-state index in [9.17, 15) is 0 Å². The third-order valence-electron chi connectivity index (χ3n) is 2.89. The lowest BCUT2D eigenvalue weighted by Crippen LogP contribution is -2.22. The molecule has 0 saturated carbocycles. The number of nitrogens with zero attached hydrogens (tertiary/aromatic N) is 3. The molecule has 0 spiro atoms. The van der Waals surface area contributed by atoms with Gasteiger partial charge in [-0.15, -0.1) is 0 Å². The second-order valence-corrected chi connectivity index (χ2v) is 5.09. The molecule has 1 aromatic heterocycles. The maximum absolute atomic E-state index is 4.40. The van der Waals surface area contributed by atoms with E-state index < -0.39 is 0 Å². The highest BCUT2D eigenvalue weighted by Crippen LogP contribution is 2.18. The van der Waals surface area contributed by atoms with Crippen LogP contribution in [0.15, 0.2) is 6.20 Å². The Bertz CT molecular complexity index is 306. The summed E-state index contributed by atoms with van der Waals surface area (Å²) in [5, 5.41) is 12.1. The van der Waals surface area contributed by atoms with Crippen molar-refractivity contribution in [2.45, 2.75) is 52.5 Å². The third kappa shape index (κ3) is 5.31. The van der Waals surface area contributed by atoms with Crippen LogP contribution in [0.25, 0.3) is 0 Å². The predicted octanol–water partition coefficient (Wildman–Crippen LogP) is 2.68. The number of hydrogen-bond acceptors (Lipinski definition) is 3. The lowest BCUT2D eigenvalue weighted by molar-refractivity contribution is 0.437. The largest absolute Gasteiger partial charge is 0.309 e. The number of hydrogen-bond donors (Lipinski definition) is 1. The normalized spacial score (nSPS) is 13.2. The molecule has 0 fully saturated rings. The molecule has 98 valence electrons. The summed E-state index contributed by atoms with van der Waals surface area (Å²) >= 11 is 0. The standard InChI is InChI=1S/C13H26N4/c1-5-9-14-12(8-6-7-11(2)3)13-10-15-17(4)16-13/h10-12,14H,5-9H2,1-4H3. The molecule has 4 heteroatoms. The fourth-order valence-electron chi connectivity index (χ4n) is 1.92. The molecule has 0 saturated heterocycles. The van der Waals surface area contributed by atoms with Gasteiger partial charge >= 0.3 is 0 Å². The molecule has 1 heterocycles. The van der Waals surface area contributed by atoms with Crippen LogP contribution in [0, 0.1) is 5.92 Å². The lowest BCUT2D eigenvalue weighted by Gasteiger charge is -2.16. The summed E-state index contributed by atoms with van der Waals surface area (Å²) in [5.41, 5.74) is 1.07. The molecular formula is C13H26N4. The van der Waals surface area contributed by atoms with E-state index in [0.717, 1.165) is 31.0 Å². The maximum Gasteiger partial charge on any atom is 0.0996 e. The molecule has 1 aromatic rings. The number of rotatable bonds is 8. The zero-order chi connectivity index (χ0) is 12.7. The van der Waals surface area contributed by atoms with Gasteiger partial charge in [0.2, 0.25) is 0 Å². The van der Waals surface area contributed by atoms with Crippen molar-refractivity contribution in [2.75, 3.05) is 6.54 Å². The van der Waals surface area contributed by atoms with Crippen LogP contribution in [0.5, 0.6) is 0 Å². The Hall–Kier alpha value is -0.900. The van der Waals surface area contributed by atoms with Gasteiger partial charge in [-0.2, -0.15) is 15.0 Å². The minimum absolute atomic E-state index is 0.363. The first-order chi connectivity index (χ1) is 8.13. The molecule has 1 N–H and O–H groups in total. The molecule has 0 aliphatic carbocycles. The van der Waals surface area contributed by atoms with Crippen molar-refractivity contribution in [3.05, 3.63) is 11.9 Å². The van der Waals surface area contributed by atoms with Crippen LogP contribution >= 0.6 is 0 Å². The number of nitrogens with one attached hydrogen (secondary N) is 1. The van der Waals surface area contributed by atoms with Gasteiger partial charge in [-0.3, -0.25) is 0 Å². The average molecular weight is 238 g/mol. The van der Waals surface area contributed by atoms with Gasteiger partial charge in [0, 0.05) is 7.05 Å². The highest BCUT2D eigenvalue weighted by Gasteiger charge is 2.13. The van der Waals surface area contributed by atoms with Gasteiger partial charge in [-0.05, 0) is 25.3 Å². The van der Waals surface area contributed by atoms with Gasteiger partial charge in [-0.1, -0.05) is 33.6 Å². The highest BCUT2D eigenvalue weighted by atomic mass is 15.4. The van der Waals surface area contributed by atoms with Crippen molar-refractivity contribution in [3.63, 3.8) is 0 Å². The fraction of sp³-hybridized carbons (Fsp3) is 0.846. The molecule has 0 aromatic carbocycles. The van der Waals surface area contributed by atoms with Gasteiger partial charge in [0.15, 0.2) is 0 Å². The Kier molecular flexibility index (Phi) is 6.19. The van der Waals surface area contributed by atoms with Crippen LogP contribution < -0.4 is 5.32 Å². The van der Waals surface area contributed by atoms with Gasteiger partial charge in [0.1, 0.15) is 0 Å². The zero-order valence-electron chi connectivity index (χ0n) is 11.6. The van der Waals surface area contributed by atoms with Crippen molar-refractivity contribution < 1.29 is 0 Å². The number of aryl methyl sites for hydroxylation is 1. The van der Waals surface area contributed by atoms with Crippen molar-refractivity contribution >= 4 is 0 Å². The lowest BCUT2D eigenvalue weighted by atomic mass is 10.0. The summed E-state index contributed by atoms with van der Waals surface area (Å²) in [4.78, 5) is 1.64. The first kappa shape index (κ1) is 14.2. The summed E-state index contributed by atoms with van der Waals surface area (Å²) < 4.78 is 0. The minimum atomic E-state index is 0.363. The predicted molar refractivity (Wildman–Crippen MR) is 70.7 cm³/mol. The smallest absolute Gasteiger partial charge is 0.0996 e. The number of aromatic nitrogens is 3. The molecule has 17 heavy (non-hydrogen) atoms. The molecule has 0 aliphatic heterocycles. The second-order valence-electron chi connectivity index (χ2n) is 5.09. The van der Waals surface area contributed by atoms with Gasteiger partial charge in [-0.25, -0.2) is 0 Å². The monoisotopic (exact) mass is 238 g/mol. The molecule has 0 aliphatic rings. The van der Waals surface area contributed by atoms with E-state index >= 15 is 0 Å². The molecule has 0 bridgehead atoms. The van der Waals surface area contributed by atoms with Crippen LogP contribution in [0.1, 0.15) is 58.2 Å². The second kappa shape index (κ2) is 7.43. The van der Waals surface area contributed by atoms with E-state index in [1.165, 1.54) is 12.8 Å². The molecule has 4 nitrogen and oxygen atoms in total. The Morgan fingerprint density at radius 2 is 2.12 bits per heavy atom. The Balaban J connectivity index is 2.48. The van der Waals surface area contributed by atoms with E-state index in [-0.39, 0.29) is 0 Å². The summed E-state index contributed by atoms with van der Waals surface area (Å²) in [7, 11) is 1.87. The van der Waals surface area contributed by atoms with Crippen molar-refractivity contribution in [2.24, 2.45) is 13.0 Å². The van der Waals surface area contributed by atoms with E-state index in [1.807, 2.05) is 13.2 Å². The van der Waals surface area contributed by atoms with E-state index in [1.54, 1.807) is 4.80 Å². The average Bonchev–Trinajstić information content (AvgIpc) is 2.69. The van der Waals surface area contributed by atoms with Gasteiger partial charge in [0.05, 0.1) is 17.9 Å². The summed E-state index contributed by atoms with van der Waals surface area (Å²) in [6.07, 6.45) is 6.71. The minimum Gasteiger partial charge on any atom is -0.309 e. The van der Waals surface area contributed by atoms with Crippen LogP contribution in [0.2, 0.25) is 0 Å². The molecule has 0 radical (unpaired) electrons. The SMILES string of the molecule is CCCNC(CCCC(C)C)c1cnn(C)n1. The summed E-state index contributed by atoms with van der Waals surface area (Å²) in [6.45, 7) is 7.78. The van der Waals surface area contributed by atoms with E-state index in [0.29, 0.717) is 6.04 Å². The van der Waals surface area contributed by atoms with Gasteiger partial charge < -0.3 is 5.32 Å². The molecule has 1 rings (SSSR count). The van der Waals surface area contributed by atoms with Crippen LogP contribution in [-0.2, 0) is 7.05 Å².